The van der Waals surface area contributed by atoms with Gasteiger partial charge in [0.05, 0.1) is 6.20 Å². The number of hydrogen-bond donors (Lipinski definition) is 1. The molecule has 3 rings (SSSR count). The van der Waals surface area contributed by atoms with Crippen molar-refractivity contribution in [3.05, 3.63) is 81.6 Å². The minimum absolute atomic E-state index is 0.117. The number of benzene rings is 2. The number of hydrogen-bond acceptors (Lipinski definition) is 3. The lowest BCUT2D eigenvalue weighted by Crippen LogP contribution is -2.23. The zero-order valence-electron chi connectivity index (χ0n) is 16.3. The second-order valence-corrected chi connectivity index (χ2v) is 7.09. The van der Waals surface area contributed by atoms with Crippen molar-refractivity contribution >= 4 is 17.5 Å². The summed E-state index contributed by atoms with van der Waals surface area (Å²) in [7, 11) is 0. The van der Waals surface area contributed by atoms with Crippen molar-refractivity contribution in [3.63, 3.8) is 0 Å². The molecule has 0 bridgehead atoms. The molecule has 0 fully saturated rings. The molecule has 3 aromatic rings. The number of ether oxygens (including phenoxy) is 1. The average Bonchev–Trinajstić information content (AvgIpc) is 3.05. The fourth-order valence-corrected chi connectivity index (χ4v) is 3.22. The number of nitrogens with one attached hydrogen (secondary N) is 1. The zero-order valence-corrected chi connectivity index (χ0v) is 17.1. The van der Waals surface area contributed by atoms with Gasteiger partial charge in [0, 0.05) is 34.9 Å². The van der Waals surface area contributed by atoms with Crippen LogP contribution in [0.15, 0.2) is 48.7 Å². The van der Waals surface area contributed by atoms with Crippen LogP contribution in [0.2, 0.25) is 5.02 Å². The maximum Gasteiger partial charge on any atom is 0.251 e. The number of carbonyl (C=O) groups excluding carboxylic acids is 1. The Morgan fingerprint density at radius 1 is 1.21 bits per heavy atom. The zero-order chi connectivity index (χ0) is 20.1. The number of carbonyl (C=O) groups is 1. The topological polar surface area (TPSA) is 56.2 Å². The van der Waals surface area contributed by atoms with E-state index < -0.39 is 0 Å². The summed E-state index contributed by atoms with van der Waals surface area (Å²) in [5.41, 5.74) is 4.60. The highest BCUT2D eigenvalue weighted by Crippen LogP contribution is 2.23. The Kier molecular flexibility index (Phi) is 6.37. The number of rotatable bonds is 7. The third-order valence-electron chi connectivity index (χ3n) is 4.66. The van der Waals surface area contributed by atoms with Crippen molar-refractivity contribution in [1.29, 1.82) is 0 Å². The molecule has 6 heteroatoms. The summed E-state index contributed by atoms with van der Waals surface area (Å²) in [4.78, 5) is 12.5. The number of nitrogens with zero attached hydrogens (tertiary/aromatic N) is 2. The van der Waals surface area contributed by atoms with Gasteiger partial charge in [-0.1, -0.05) is 23.7 Å². The number of amides is 1. The van der Waals surface area contributed by atoms with E-state index in [9.17, 15) is 4.79 Å². The summed E-state index contributed by atoms with van der Waals surface area (Å²) in [5, 5.41) is 7.95. The molecule has 1 N–H and O–H groups in total. The third-order valence-corrected chi connectivity index (χ3v) is 4.90. The molecule has 0 unspecified atom stereocenters. The normalized spacial score (nSPS) is 10.7. The van der Waals surface area contributed by atoms with Crippen LogP contribution in [-0.2, 0) is 19.7 Å². The Balaban J connectivity index is 1.61. The van der Waals surface area contributed by atoms with Crippen molar-refractivity contribution in [1.82, 2.24) is 15.1 Å². The number of aromatic nitrogens is 2. The number of halogens is 1. The predicted molar refractivity (Wildman–Crippen MR) is 111 cm³/mol. The monoisotopic (exact) mass is 397 g/mol. The van der Waals surface area contributed by atoms with Gasteiger partial charge in [-0.3, -0.25) is 9.48 Å². The molecule has 5 nitrogen and oxygen atoms in total. The van der Waals surface area contributed by atoms with Crippen LogP contribution in [0.5, 0.6) is 5.75 Å². The van der Waals surface area contributed by atoms with Crippen LogP contribution in [0.25, 0.3) is 0 Å². The van der Waals surface area contributed by atoms with Gasteiger partial charge in [0.2, 0.25) is 0 Å². The molecule has 0 aliphatic carbocycles. The summed E-state index contributed by atoms with van der Waals surface area (Å²) < 4.78 is 7.79. The first-order valence-corrected chi connectivity index (χ1v) is 9.63. The third kappa shape index (κ3) is 4.73. The molecule has 2 aromatic carbocycles. The summed E-state index contributed by atoms with van der Waals surface area (Å²) >= 11 is 5.98. The summed E-state index contributed by atoms with van der Waals surface area (Å²) in [6.07, 6.45) is 1.80. The van der Waals surface area contributed by atoms with Crippen molar-refractivity contribution in [2.24, 2.45) is 0 Å². The van der Waals surface area contributed by atoms with E-state index >= 15 is 0 Å². The highest BCUT2D eigenvalue weighted by molar-refractivity contribution is 6.30. The highest BCUT2D eigenvalue weighted by Gasteiger charge is 2.10. The molecule has 0 atom stereocenters. The van der Waals surface area contributed by atoms with Crippen molar-refractivity contribution in [3.8, 4) is 5.75 Å². The Morgan fingerprint density at radius 3 is 2.75 bits per heavy atom. The molecule has 0 aliphatic heterocycles. The van der Waals surface area contributed by atoms with E-state index in [1.165, 1.54) is 0 Å². The second-order valence-electron chi connectivity index (χ2n) is 6.65. The summed E-state index contributed by atoms with van der Waals surface area (Å²) in [5.74, 6) is 0.663. The van der Waals surface area contributed by atoms with E-state index in [1.807, 2.05) is 55.8 Å². The van der Waals surface area contributed by atoms with E-state index in [0.29, 0.717) is 23.7 Å². The largest absolute Gasteiger partial charge is 0.489 e. The van der Waals surface area contributed by atoms with Gasteiger partial charge in [-0.2, -0.15) is 5.10 Å². The SMILES string of the molecule is CCn1ncc(CNC(=O)c2cccc(COc3ccc(Cl)cc3C)c2)c1C. The van der Waals surface area contributed by atoms with Gasteiger partial charge >= 0.3 is 0 Å². The van der Waals surface area contributed by atoms with Crippen LogP contribution in [0.1, 0.15) is 39.7 Å². The molecule has 0 spiro atoms. The Morgan fingerprint density at radius 2 is 2.04 bits per heavy atom. The van der Waals surface area contributed by atoms with Crippen LogP contribution < -0.4 is 10.1 Å². The smallest absolute Gasteiger partial charge is 0.251 e. The Labute approximate surface area is 170 Å². The van der Waals surface area contributed by atoms with Crippen LogP contribution in [0, 0.1) is 13.8 Å². The van der Waals surface area contributed by atoms with E-state index in [4.69, 9.17) is 16.3 Å². The minimum atomic E-state index is -0.117. The van der Waals surface area contributed by atoms with Crippen molar-refractivity contribution in [2.75, 3.05) is 0 Å². The lowest BCUT2D eigenvalue weighted by molar-refractivity contribution is 0.0950. The maximum absolute atomic E-state index is 12.5. The Bertz CT molecular complexity index is 982. The van der Waals surface area contributed by atoms with Crippen molar-refractivity contribution in [2.45, 2.75) is 40.5 Å². The van der Waals surface area contributed by atoms with E-state index in [1.54, 1.807) is 18.3 Å². The maximum atomic E-state index is 12.5. The first kappa shape index (κ1) is 20.0. The standard InChI is InChI=1S/C22H24ClN3O2/c1-4-26-16(3)19(13-25-26)12-24-22(27)18-7-5-6-17(11-18)14-28-21-9-8-20(23)10-15(21)2/h5-11,13H,4,12,14H2,1-3H3,(H,24,27). The van der Waals surface area contributed by atoms with Gasteiger partial charge in [0.1, 0.15) is 12.4 Å². The lowest BCUT2D eigenvalue weighted by Gasteiger charge is -2.11. The molecule has 1 amide bonds. The van der Waals surface area contributed by atoms with Gasteiger partial charge in [-0.15, -0.1) is 0 Å². The van der Waals surface area contributed by atoms with Crippen LogP contribution in [0.3, 0.4) is 0 Å². The molecule has 1 heterocycles. The molecule has 146 valence electrons. The molecule has 0 aliphatic rings. The highest BCUT2D eigenvalue weighted by atomic mass is 35.5. The molecule has 0 radical (unpaired) electrons. The summed E-state index contributed by atoms with van der Waals surface area (Å²) in [6, 6.07) is 13.0. The fourth-order valence-electron chi connectivity index (χ4n) is 2.99. The molecule has 1 aromatic heterocycles. The first-order valence-electron chi connectivity index (χ1n) is 9.25. The summed E-state index contributed by atoms with van der Waals surface area (Å²) in [6.45, 7) is 7.65. The second kappa shape index (κ2) is 8.93. The van der Waals surface area contributed by atoms with Crippen molar-refractivity contribution < 1.29 is 9.53 Å². The van der Waals surface area contributed by atoms with E-state index in [-0.39, 0.29) is 5.91 Å². The number of aryl methyl sites for hydroxylation is 2. The van der Waals surface area contributed by atoms with Crippen LogP contribution in [0.4, 0.5) is 0 Å². The van der Waals surface area contributed by atoms with Gasteiger partial charge in [-0.05, 0) is 62.2 Å². The molecule has 0 saturated heterocycles. The van der Waals surface area contributed by atoms with Gasteiger partial charge in [0.15, 0.2) is 0 Å². The minimum Gasteiger partial charge on any atom is -0.489 e. The van der Waals surface area contributed by atoms with Crippen LogP contribution >= 0.6 is 11.6 Å². The quantitative estimate of drug-likeness (QED) is 0.629. The molecule has 0 saturated carbocycles. The Hall–Kier alpha value is -2.79. The first-order chi connectivity index (χ1) is 13.5. The van der Waals surface area contributed by atoms with Gasteiger partial charge in [-0.25, -0.2) is 0 Å². The van der Waals surface area contributed by atoms with Crippen LogP contribution in [-0.4, -0.2) is 15.7 Å². The average molecular weight is 398 g/mol. The molecule has 28 heavy (non-hydrogen) atoms. The van der Waals surface area contributed by atoms with Gasteiger partial charge in [0.25, 0.3) is 5.91 Å². The fraction of sp³-hybridized carbons (Fsp3) is 0.273. The lowest BCUT2D eigenvalue weighted by atomic mass is 10.1. The van der Waals surface area contributed by atoms with Gasteiger partial charge < -0.3 is 10.1 Å². The predicted octanol–water partition coefficient (Wildman–Crippen LogP) is 4.68. The molecular formula is C22H24ClN3O2. The van der Waals surface area contributed by atoms with E-state index in [2.05, 4.69) is 10.4 Å². The van der Waals surface area contributed by atoms with E-state index in [0.717, 1.165) is 34.7 Å². The molecular weight excluding hydrogens is 374 g/mol.